The molecule has 0 unspecified atom stereocenters. The van der Waals surface area contributed by atoms with Crippen molar-refractivity contribution in [3.05, 3.63) is 216 Å². The van der Waals surface area contributed by atoms with Crippen molar-refractivity contribution in [1.82, 2.24) is 0 Å². The van der Waals surface area contributed by atoms with Gasteiger partial charge in [-0.3, -0.25) is 0 Å². The van der Waals surface area contributed by atoms with Crippen LogP contribution in [0.15, 0.2) is 194 Å². The number of para-hydroxylation sites is 2. The van der Waals surface area contributed by atoms with E-state index in [1.165, 1.54) is 66.1 Å². The zero-order valence-corrected chi connectivity index (χ0v) is 38.4. The van der Waals surface area contributed by atoms with Crippen LogP contribution in [0.1, 0.15) is 77.6 Å². The Morgan fingerprint density at radius 1 is 0.266 bits per heavy atom. The summed E-state index contributed by atoms with van der Waals surface area (Å²) in [6.45, 7) is 19.3. The van der Waals surface area contributed by atoms with Gasteiger partial charge in [0, 0.05) is 33.8 Å². The van der Waals surface area contributed by atoms with Gasteiger partial charge >= 0.3 is 0 Å². The number of fused-ring (bicyclic) bond motifs is 9. The summed E-state index contributed by atoms with van der Waals surface area (Å²) in [6, 6.07) is 72.7. The van der Waals surface area contributed by atoms with Crippen molar-refractivity contribution in [3.8, 4) is 22.3 Å². The molecule has 2 aliphatic rings. The van der Waals surface area contributed by atoms with Gasteiger partial charge in [0.05, 0.1) is 5.69 Å². The molecule has 0 aromatic heterocycles. The minimum atomic E-state index is -0.0884. The third-order valence-corrected chi connectivity index (χ3v) is 16.1. The van der Waals surface area contributed by atoms with Crippen LogP contribution in [0, 0.1) is 0 Å². The molecule has 314 valence electrons. The second-order valence-electron chi connectivity index (χ2n) is 20.2. The van der Waals surface area contributed by atoms with Gasteiger partial charge in [0.1, 0.15) is 0 Å². The third-order valence-electron chi connectivity index (χ3n) is 16.1. The van der Waals surface area contributed by atoms with Gasteiger partial charge in [-0.2, -0.15) is 0 Å². The lowest BCUT2D eigenvalue weighted by atomic mass is 9.55. The molecule has 0 saturated heterocycles. The smallest absolute Gasteiger partial charge is 0.0561 e. The quantitative estimate of drug-likeness (QED) is 0.154. The topological polar surface area (TPSA) is 6.48 Å². The second kappa shape index (κ2) is 14.3. The van der Waals surface area contributed by atoms with E-state index in [2.05, 4.69) is 259 Å². The SMILES string of the molecule is CC1(C)c2ccccc2-c2cc(N(c3ccccc3)c3cc(N(c4ccccc4)c4ccc5c(c4)-c4ccccc4C(C)(C)C5(C)C)c4ccc5ccccc5c4c3)ccc2C1(C)C. The molecule has 9 aromatic carbocycles. The first kappa shape index (κ1) is 39.9. The Bertz CT molecular complexity index is 3280. The molecule has 0 bridgehead atoms. The lowest BCUT2D eigenvalue weighted by Gasteiger charge is -2.48. The van der Waals surface area contributed by atoms with Gasteiger partial charge < -0.3 is 9.80 Å². The van der Waals surface area contributed by atoms with E-state index >= 15 is 0 Å². The van der Waals surface area contributed by atoms with Crippen molar-refractivity contribution in [2.24, 2.45) is 0 Å². The minimum absolute atomic E-state index is 0.0445. The molecular weight excluding hydrogens is 773 g/mol. The van der Waals surface area contributed by atoms with Crippen LogP contribution in [0.3, 0.4) is 0 Å². The number of benzene rings is 9. The molecule has 0 saturated carbocycles. The van der Waals surface area contributed by atoms with Gasteiger partial charge in [0.15, 0.2) is 0 Å². The molecule has 0 N–H and O–H groups in total. The molecule has 2 aliphatic carbocycles. The Morgan fingerprint density at radius 3 is 1.25 bits per heavy atom. The van der Waals surface area contributed by atoms with Crippen molar-refractivity contribution in [2.75, 3.05) is 9.80 Å². The molecule has 9 aromatic rings. The fraction of sp³-hybridized carbons (Fsp3) is 0.194. The summed E-state index contributed by atoms with van der Waals surface area (Å²) in [5.74, 6) is 0. The largest absolute Gasteiger partial charge is 0.310 e. The van der Waals surface area contributed by atoms with E-state index in [9.17, 15) is 0 Å². The van der Waals surface area contributed by atoms with Crippen LogP contribution in [-0.2, 0) is 21.7 Å². The first-order valence-corrected chi connectivity index (χ1v) is 22.9. The molecule has 0 heterocycles. The van der Waals surface area contributed by atoms with Crippen molar-refractivity contribution in [2.45, 2.75) is 77.0 Å². The predicted molar refractivity (Wildman–Crippen MR) is 274 cm³/mol. The van der Waals surface area contributed by atoms with Crippen molar-refractivity contribution >= 4 is 55.7 Å². The molecule has 11 rings (SSSR count). The molecule has 2 heteroatoms. The van der Waals surface area contributed by atoms with Crippen LogP contribution < -0.4 is 9.80 Å². The lowest BCUT2D eigenvalue weighted by Crippen LogP contribution is -2.43. The van der Waals surface area contributed by atoms with Crippen LogP contribution in [-0.4, -0.2) is 0 Å². The number of rotatable bonds is 6. The maximum Gasteiger partial charge on any atom is 0.0561 e. The standard InChI is InChI=1S/C62H56N2/c1-59(2)54-29-19-17-27-48(54)52-37-44(32-35-56(52)61(59,5)6)63(42-22-11-9-12-23-42)46-39-51-47-26-16-15-21-41(47)31-34-50(51)58(40-46)64(43-24-13-10-14-25-43)45-33-36-57-53(38-45)49-28-18-20-30-55(49)60(3,4)62(57,7)8/h9-40H,1-8H3. The van der Waals surface area contributed by atoms with E-state index in [1.54, 1.807) is 0 Å². The van der Waals surface area contributed by atoms with Crippen molar-refractivity contribution in [1.29, 1.82) is 0 Å². The maximum atomic E-state index is 2.49. The van der Waals surface area contributed by atoms with E-state index in [0.717, 1.165) is 34.1 Å². The fourth-order valence-electron chi connectivity index (χ4n) is 11.2. The number of nitrogens with zero attached hydrogens (tertiary/aromatic N) is 2. The fourth-order valence-corrected chi connectivity index (χ4v) is 11.2. The van der Waals surface area contributed by atoms with E-state index in [1.807, 2.05) is 0 Å². The van der Waals surface area contributed by atoms with Crippen LogP contribution >= 0.6 is 0 Å². The molecule has 2 nitrogen and oxygen atoms in total. The summed E-state index contributed by atoms with van der Waals surface area (Å²) in [5, 5.41) is 4.86. The second-order valence-corrected chi connectivity index (χ2v) is 20.2. The van der Waals surface area contributed by atoms with Gasteiger partial charge in [-0.1, -0.05) is 189 Å². The average molecular weight is 829 g/mol. The Kier molecular flexibility index (Phi) is 8.92. The number of hydrogen-bond acceptors (Lipinski definition) is 2. The molecule has 0 atom stereocenters. The van der Waals surface area contributed by atoms with Gasteiger partial charge in [-0.15, -0.1) is 0 Å². The third kappa shape index (κ3) is 5.78. The van der Waals surface area contributed by atoms with E-state index in [-0.39, 0.29) is 21.7 Å². The van der Waals surface area contributed by atoms with Crippen LogP contribution in [0.25, 0.3) is 43.8 Å². The summed E-state index contributed by atoms with van der Waals surface area (Å²) >= 11 is 0. The summed E-state index contributed by atoms with van der Waals surface area (Å²) < 4.78 is 0. The van der Waals surface area contributed by atoms with Crippen LogP contribution in [0.5, 0.6) is 0 Å². The maximum absolute atomic E-state index is 2.49. The summed E-state index contributed by atoms with van der Waals surface area (Å²) in [5.41, 5.74) is 17.2. The monoisotopic (exact) mass is 828 g/mol. The van der Waals surface area contributed by atoms with Crippen molar-refractivity contribution < 1.29 is 0 Å². The van der Waals surface area contributed by atoms with Gasteiger partial charge in [0.2, 0.25) is 0 Å². The van der Waals surface area contributed by atoms with Crippen LogP contribution in [0.4, 0.5) is 34.1 Å². The lowest BCUT2D eigenvalue weighted by molar-refractivity contribution is 0.299. The Morgan fingerprint density at radius 2 is 0.703 bits per heavy atom. The Labute approximate surface area is 379 Å². The Balaban J connectivity index is 1.20. The van der Waals surface area contributed by atoms with Crippen LogP contribution in [0.2, 0.25) is 0 Å². The normalized spacial score (nSPS) is 16.0. The minimum Gasteiger partial charge on any atom is -0.310 e. The summed E-state index contributed by atoms with van der Waals surface area (Å²) in [6.07, 6.45) is 0. The average Bonchev–Trinajstić information content (AvgIpc) is 3.31. The van der Waals surface area contributed by atoms with Gasteiger partial charge in [-0.05, 0) is 143 Å². The predicted octanol–water partition coefficient (Wildman–Crippen LogP) is 17.4. The highest BCUT2D eigenvalue weighted by atomic mass is 15.2. The van der Waals surface area contributed by atoms with Crippen molar-refractivity contribution in [3.63, 3.8) is 0 Å². The number of hydrogen-bond donors (Lipinski definition) is 0. The van der Waals surface area contributed by atoms with Gasteiger partial charge in [-0.25, -0.2) is 0 Å². The molecule has 0 amide bonds. The van der Waals surface area contributed by atoms with E-state index in [4.69, 9.17) is 0 Å². The molecule has 0 fully saturated rings. The summed E-state index contributed by atoms with van der Waals surface area (Å²) in [4.78, 5) is 4.96. The zero-order chi connectivity index (χ0) is 44.2. The highest BCUT2D eigenvalue weighted by molar-refractivity contribution is 6.14. The molecule has 0 aliphatic heterocycles. The summed E-state index contributed by atoms with van der Waals surface area (Å²) in [7, 11) is 0. The first-order chi connectivity index (χ1) is 30.8. The molecular formula is C62H56N2. The molecule has 64 heavy (non-hydrogen) atoms. The van der Waals surface area contributed by atoms with Gasteiger partial charge in [0.25, 0.3) is 0 Å². The highest BCUT2D eigenvalue weighted by Crippen LogP contribution is 2.57. The molecule has 0 radical (unpaired) electrons. The van der Waals surface area contributed by atoms with E-state index < -0.39 is 0 Å². The molecule has 0 spiro atoms. The van der Waals surface area contributed by atoms with E-state index in [0.29, 0.717) is 0 Å². The number of anilines is 6. The zero-order valence-electron chi connectivity index (χ0n) is 38.4. The first-order valence-electron chi connectivity index (χ1n) is 22.9. The Hall–Kier alpha value is -6.90. The highest BCUT2D eigenvalue weighted by Gasteiger charge is 2.47.